The Hall–Kier alpha value is -0.830. The average Bonchev–Trinajstić information content (AvgIpc) is 2.13. The number of amides is 1. The van der Waals surface area contributed by atoms with Crippen molar-refractivity contribution in [3.8, 4) is 0 Å². The molecule has 1 amide bonds. The fourth-order valence-corrected chi connectivity index (χ4v) is 2.31. The van der Waals surface area contributed by atoms with Crippen molar-refractivity contribution in [1.29, 1.82) is 0 Å². The second-order valence-electron chi connectivity index (χ2n) is 4.56. The molecule has 1 aromatic carbocycles. The van der Waals surface area contributed by atoms with Crippen molar-refractivity contribution in [3.05, 3.63) is 27.8 Å². The summed E-state index contributed by atoms with van der Waals surface area (Å²) in [5.41, 5.74) is -0.744. The summed E-state index contributed by atoms with van der Waals surface area (Å²) in [6.07, 6.45) is -0.985. The molecule has 0 aliphatic heterocycles. The molecule has 18 heavy (non-hydrogen) atoms. The summed E-state index contributed by atoms with van der Waals surface area (Å²) < 4.78 is 31.3. The Balaban J connectivity index is 2.83. The SMILES string of the molecule is CC(C)(C)OC(=O)NS(=O)(=O)c1ccc(I)cc1. The van der Waals surface area contributed by atoms with Crippen molar-refractivity contribution in [2.45, 2.75) is 31.3 Å². The molecular formula is C11H14INO4S. The fraction of sp³-hybridized carbons (Fsp3) is 0.364. The Labute approximate surface area is 120 Å². The molecule has 0 spiro atoms. The zero-order valence-corrected chi connectivity index (χ0v) is 13.2. The van der Waals surface area contributed by atoms with Crippen molar-refractivity contribution in [2.24, 2.45) is 0 Å². The molecule has 0 bridgehead atoms. The number of carbonyl (C=O) groups excluding carboxylic acids is 1. The number of rotatable bonds is 2. The van der Waals surface area contributed by atoms with Crippen molar-refractivity contribution in [3.63, 3.8) is 0 Å². The molecule has 0 aliphatic rings. The van der Waals surface area contributed by atoms with Crippen LogP contribution in [0.25, 0.3) is 0 Å². The van der Waals surface area contributed by atoms with E-state index in [0.29, 0.717) is 0 Å². The lowest BCUT2D eigenvalue weighted by Crippen LogP contribution is -2.36. The van der Waals surface area contributed by atoms with Crippen LogP contribution in [-0.2, 0) is 14.8 Å². The normalized spacial score (nSPS) is 12.0. The van der Waals surface area contributed by atoms with Crippen molar-refractivity contribution in [1.82, 2.24) is 4.72 Å². The van der Waals surface area contributed by atoms with Crippen molar-refractivity contribution >= 4 is 38.7 Å². The van der Waals surface area contributed by atoms with Crippen LogP contribution in [-0.4, -0.2) is 20.1 Å². The van der Waals surface area contributed by atoms with Gasteiger partial charge in [0.2, 0.25) is 0 Å². The largest absolute Gasteiger partial charge is 0.443 e. The fourth-order valence-electron chi connectivity index (χ4n) is 1.08. The first-order valence-corrected chi connectivity index (χ1v) is 7.68. The maximum Gasteiger partial charge on any atom is 0.421 e. The second-order valence-corrected chi connectivity index (χ2v) is 7.49. The summed E-state index contributed by atoms with van der Waals surface area (Å²) in [5, 5.41) is 0. The van der Waals surface area contributed by atoms with Gasteiger partial charge in [0.25, 0.3) is 10.0 Å². The quantitative estimate of drug-likeness (QED) is 0.797. The van der Waals surface area contributed by atoms with Crippen LogP contribution in [0.5, 0.6) is 0 Å². The molecule has 0 heterocycles. The number of carbonyl (C=O) groups is 1. The molecule has 1 rings (SSSR count). The molecular weight excluding hydrogens is 369 g/mol. The molecule has 0 aliphatic carbocycles. The third-order valence-corrected chi connectivity index (χ3v) is 3.79. The number of sulfonamides is 1. The van der Waals surface area contributed by atoms with Crippen LogP contribution in [0.2, 0.25) is 0 Å². The van der Waals surface area contributed by atoms with Gasteiger partial charge in [0.05, 0.1) is 4.90 Å². The Morgan fingerprint density at radius 2 is 1.72 bits per heavy atom. The number of nitrogens with one attached hydrogen (secondary N) is 1. The molecule has 0 saturated carbocycles. The first-order valence-electron chi connectivity index (χ1n) is 5.11. The molecule has 0 aromatic heterocycles. The molecule has 5 nitrogen and oxygen atoms in total. The molecule has 1 N–H and O–H groups in total. The molecule has 1 aromatic rings. The Bertz CT molecular complexity index is 531. The highest BCUT2D eigenvalue weighted by atomic mass is 127. The van der Waals surface area contributed by atoms with Crippen LogP contribution in [0, 0.1) is 3.57 Å². The van der Waals surface area contributed by atoms with Gasteiger partial charge in [-0.15, -0.1) is 0 Å². The van der Waals surface area contributed by atoms with Crippen LogP contribution in [0.15, 0.2) is 29.2 Å². The van der Waals surface area contributed by atoms with Gasteiger partial charge < -0.3 is 4.74 Å². The van der Waals surface area contributed by atoms with Crippen LogP contribution in [0.4, 0.5) is 4.79 Å². The molecule has 0 radical (unpaired) electrons. The summed E-state index contributed by atoms with van der Waals surface area (Å²) in [4.78, 5) is 11.4. The van der Waals surface area contributed by atoms with E-state index >= 15 is 0 Å². The van der Waals surface area contributed by atoms with E-state index in [1.54, 1.807) is 32.9 Å². The van der Waals surface area contributed by atoms with Crippen LogP contribution < -0.4 is 4.72 Å². The maximum atomic E-state index is 11.8. The predicted molar refractivity (Wildman–Crippen MR) is 75.7 cm³/mol. The smallest absolute Gasteiger partial charge is 0.421 e. The molecule has 7 heteroatoms. The Kier molecular flexibility index (Phi) is 4.60. The van der Waals surface area contributed by atoms with E-state index in [-0.39, 0.29) is 4.90 Å². The summed E-state index contributed by atoms with van der Waals surface area (Å²) >= 11 is 2.06. The van der Waals surface area contributed by atoms with Crippen LogP contribution in [0.1, 0.15) is 20.8 Å². The monoisotopic (exact) mass is 383 g/mol. The van der Waals surface area contributed by atoms with Gasteiger partial charge in [-0.3, -0.25) is 0 Å². The first-order chi connectivity index (χ1) is 8.10. The van der Waals surface area contributed by atoms with E-state index in [4.69, 9.17) is 4.74 Å². The number of hydrogen-bond donors (Lipinski definition) is 1. The van der Waals surface area contributed by atoms with E-state index in [1.165, 1.54) is 12.1 Å². The Morgan fingerprint density at radius 3 is 2.17 bits per heavy atom. The topological polar surface area (TPSA) is 72.5 Å². The average molecular weight is 383 g/mol. The third kappa shape index (κ3) is 4.81. The van der Waals surface area contributed by atoms with Gasteiger partial charge in [-0.2, -0.15) is 0 Å². The molecule has 0 unspecified atom stereocenters. The zero-order chi connectivity index (χ0) is 14.0. The Morgan fingerprint density at radius 1 is 1.22 bits per heavy atom. The zero-order valence-electron chi connectivity index (χ0n) is 10.2. The van der Waals surface area contributed by atoms with E-state index in [1.807, 2.05) is 4.72 Å². The molecule has 0 atom stereocenters. The lowest BCUT2D eigenvalue weighted by atomic mass is 10.2. The lowest BCUT2D eigenvalue weighted by Gasteiger charge is -2.19. The minimum atomic E-state index is -3.88. The van der Waals surface area contributed by atoms with E-state index in [9.17, 15) is 13.2 Å². The lowest BCUT2D eigenvalue weighted by molar-refractivity contribution is 0.0570. The second kappa shape index (κ2) is 5.43. The number of ether oxygens (including phenoxy) is 1. The van der Waals surface area contributed by atoms with Gasteiger partial charge in [-0.1, -0.05) is 0 Å². The first kappa shape index (κ1) is 15.2. The van der Waals surface area contributed by atoms with Gasteiger partial charge in [0.1, 0.15) is 5.60 Å². The third-order valence-electron chi connectivity index (χ3n) is 1.74. The van der Waals surface area contributed by atoms with Crippen molar-refractivity contribution < 1.29 is 17.9 Å². The predicted octanol–water partition coefficient (Wildman–Crippen LogP) is 2.50. The minimum absolute atomic E-state index is 0.0220. The van der Waals surface area contributed by atoms with Crippen molar-refractivity contribution in [2.75, 3.05) is 0 Å². The van der Waals surface area contributed by atoms with Gasteiger partial charge in [-0.05, 0) is 67.6 Å². The van der Waals surface area contributed by atoms with E-state index < -0.39 is 21.7 Å². The minimum Gasteiger partial charge on any atom is -0.443 e. The standard InChI is InChI=1S/C11H14INO4S/c1-11(2,3)17-10(14)13-18(15,16)9-6-4-8(12)5-7-9/h4-7H,1-3H3,(H,13,14). The summed E-state index contributed by atoms with van der Waals surface area (Å²) in [6.45, 7) is 4.97. The van der Waals surface area contributed by atoms with E-state index in [2.05, 4.69) is 22.6 Å². The number of benzene rings is 1. The highest BCUT2D eigenvalue weighted by Gasteiger charge is 2.22. The molecule has 0 fully saturated rings. The van der Waals surface area contributed by atoms with Gasteiger partial charge in [0.15, 0.2) is 0 Å². The van der Waals surface area contributed by atoms with Gasteiger partial charge in [0, 0.05) is 3.57 Å². The number of hydrogen-bond acceptors (Lipinski definition) is 4. The molecule has 100 valence electrons. The van der Waals surface area contributed by atoms with Crippen LogP contribution in [0.3, 0.4) is 0 Å². The van der Waals surface area contributed by atoms with Gasteiger partial charge >= 0.3 is 6.09 Å². The summed E-state index contributed by atoms with van der Waals surface area (Å²) in [7, 11) is -3.88. The highest BCUT2D eigenvalue weighted by molar-refractivity contribution is 14.1. The molecule has 0 saturated heterocycles. The van der Waals surface area contributed by atoms with E-state index in [0.717, 1.165) is 3.57 Å². The van der Waals surface area contributed by atoms with Gasteiger partial charge in [-0.25, -0.2) is 17.9 Å². The summed E-state index contributed by atoms with van der Waals surface area (Å²) in [6, 6.07) is 6.14. The maximum absolute atomic E-state index is 11.8. The highest BCUT2D eigenvalue weighted by Crippen LogP contribution is 2.13. The summed E-state index contributed by atoms with van der Waals surface area (Å²) in [5.74, 6) is 0. The van der Waals surface area contributed by atoms with Crippen LogP contribution >= 0.6 is 22.6 Å². The number of halogens is 1.